The van der Waals surface area contributed by atoms with E-state index in [9.17, 15) is 13.2 Å². The van der Waals surface area contributed by atoms with Gasteiger partial charge < -0.3 is 15.4 Å². The van der Waals surface area contributed by atoms with Gasteiger partial charge in [-0.25, -0.2) is 0 Å². The average molecular weight is 388 g/mol. The number of nitrogens with zero attached hydrogens (tertiary/aromatic N) is 2. The fourth-order valence-electron chi connectivity index (χ4n) is 2.67. The normalized spacial score (nSPS) is 13.6. The Balaban J connectivity index is 2.24. The highest BCUT2D eigenvalue weighted by Crippen LogP contribution is 2.21. The summed E-state index contributed by atoms with van der Waals surface area (Å²) in [5, 5.41) is 6.37. The van der Waals surface area contributed by atoms with Crippen LogP contribution in [0.4, 0.5) is 13.2 Å². The summed E-state index contributed by atoms with van der Waals surface area (Å²) in [5.74, 6) is 1.89. The van der Waals surface area contributed by atoms with Gasteiger partial charge in [0.15, 0.2) is 5.96 Å². The van der Waals surface area contributed by atoms with E-state index in [0.717, 1.165) is 18.7 Å². The zero-order valence-electron chi connectivity index (χ0n) is 16.6. The standard InChI is InChI=1S/C19H31F3N4O/c1-15(16-6-8-17(27-4)9-7-16)10-12-25-18(23-2)24-11-5-13-26(3)14-19(20,21)22/h6-9,15H,5,10-14H2,1-4H3,(H2,23,24,25). The first kappa shape index (κ1) is 23.1. The molecule has 154 valence electrons. The van der Waals surface area contributed by atoms with Gasteiger partial charge in [-0.2, -0.15) is 13.2 Å². The van der Waals surface area contributed by atoms with Crippen LogP contribution < -0.4 is 15.4 Å². The second-order valence-electron chi connectivity index (χ2n) is 6.60. The molecule has 0 amide bonds. The third kappa shape index (κ3) is 10.1. The van der Waals surface area contributed by atoms with Gasteiger partial charge in [0.05, 0.1) is 13.7 Å². The van der Waals surface area contributed by atoms with Crippen LogP contribution in [0.5, 0.6) is 5.75 Å². The third-order valence-electron chi connectivity index (χ3n) is 4.24. The molecular weight excluding hydrogens is 357 g/mol. The highest BCUT2D eigenvalue weighted by molar-refractivity contribution is 5.79. The van der Waals surface area contributed by atoms with Crippen molar-refractivity contribution < 1.29 is 17.9 Å². The first-order chi connectivity index (χ1) is 12.7. The number of guanidine groups is 1. The molecule has 0 spiro atoms. The third-order valence-corrected chi connectivity index (χ3v) is 4.24. The lowest BCUT2D eigenvalue weighted by molar-refractivity contribution is -0.143. The molecule has 8 heteroatoms. The van der Waals surface area contributed by atoms with E-state index in [4.69, 9.17) is 4.74 Å². The van der Waals surface area contributed by atoms with E-state index in [1.165, 1.54) is 17.5 Å². The van der Waals surface area contributed by atoms with Crippen molar-refractivity contribution >= 4 is 5.96 Å². The molecule has 1 rings (SSSR count). The number of ether oxygens (including phenoxy) is 1. The predicted octanol–water partition coefficient (Wildman–Crippen LogP) is 3.24. The van der Waals surface area contributed by atoms with Crippen LogP contribution in [0.15, 0.2) is 29.3 Å². The largest absolute Gasteiger partial charge is 0.497 e. The predicted molar refractivity (Wildman–Crippen MR) is 104 cm³/mol. The van der Waals surface area contributed by atoms with E-state index in [0.29, 0.717) is 31.4 Å². The Hall–Kier alpha value is -1.96. The minimum Gasteiger partial charge on any atom is -0.497 e. The summed E-state index contributed by atoms with van der Waals surface area (Å²) in [4.78, 5) is 5.41. The molecule has 0 saturated heterocycles. The van der Waals surface area contributed by atoms with Gasteiger partial charge in [0.1, 0.15) is 5.75 Å². The van der Waals surface area contributed by atoms with Gasteiger partial charge in [-0.15, -0.1) is 0 Å². The minimum absolute atomic E-state index is 0.373. The molecule has 1 aromatic carbocycles. The lowest BCUT2D eigenvalue weighted by atomic mass is 9.98. The summed E-state index contributed by atoms with van der Waals surface area (Å²) in [6, 6.07) is 8.03. The Labute approximate surface area is 160 Å². The van der Waals surface area contributed by atoms with Crippen molar-refractivity contribution in [2.45, 2.75) is 31.9 Å². The lowest BCUT2D eigenvalue weighted by Gasteiger charge is -2.19. The molecule has 0 aromatic heterocycles. The molecule has 0 saturated carbocycles. The molecule has 0 aliphatic rings. The number of alkyl halides is 3. The highest BCUT2D eigenvalue weighted by atomic mass is 19.4. The van der Waals surface area contributed by atoms with E-state index < -0.39 is 12.7 Å². The molecule has 0 fully saturated rings. The SMILES string of the molecule is CN=C(NCCCN(C)CC(F)(F)F)NCCC(C)c1ccc(OC)cc1. The average Bonchev–Trinajstić information content (AvgIpc) is 2.62. The van der Waals surface area contributed by atoms with Crippen LogP contribution in [-0.2, 0) is 0 Å². The van der Waals surface area contributed by atoms with Crippen LogP contribution in [0.1, 0.15) is 31.2 Å². The Morgan fingerprint density at radius 3 is 2.37 bits per heavy atom. The summed E-state index contributed by atoms with van der Waals surface area (Å²) in [6.07, 6.45) is -2.61. The van der Waals surface area contributed by atoms with E-state index in [-0.39, 0.29) is 0 Å². The van der Waals surface area contributed by atoms with Crippen molar-refractivity contribution in [3.63, 3.8) is 0 Å². The second kappa shape index (κ2) is 11.7. The number of rotatable bonds is 10. The zero-order valence-corrected chi connectivity index (χ0v) is 16.6. The van der Waals surface area contributed by atoms with Crippen molar-refractivity contribution in [3.8, 4) is 5.75 Å². The number of nitrogens with one attached hydrogen (secondary N) is 2. The quantitative estimate of drug-likeness (QED) is 0.367. The molecule has 5 nitrogen and oxygen atoms in total. The molecule has 0 heterocycles. The summed E-state index contributed by atoms with van der Waals surface area (Å²) in [6.45, 7) is 2.97. The van der Waals surface area contributed by atoms with Gasteiger partial charge in [0, 0.05) is 20.1 Å². The first-order valence-electron chi connectivity index (χ1n) is 9.09. The molecule has 1 atom stereocenters. The van der Waals surface area contributed by atoms with Gasteiger partial charge in [0.2, 0.25) is 0 Å². The van der Waals surface area contributed by atoms with Crippen molar-refractivity contribution in [2.75, 3.05) is 47.4 Å². The molecule has 1 aromatic rings. The van der Waals surface area contributed by atoms with Crippen LogP contribution in [0.2, 0.25) is 0 Å². The fraction of sp³-hybridized carbons (Fsp3) is 0.632. The maximum Gasteiger partial charge on any atom is 0.401 e. The Morgan fingerprint density at radius 1 is 1.19 bits per heavy atom. The Morgan fingerprint density at radius 2 is 1.81 bits per heavy atom. The van der Waals surface area contributed by atoms with Crippen LogP contribution in [0, 0.1) is 0 Å². The van der Waals surface area contributed by atoms with Gasteiger partial charge in [-0.1, -0.05) is 19.1 Å². The number of methoxy groups -OCH3 is 1. The molecule has 0 radical (unpaired) electrons. The van der Waals surface area contributed by atoms with E-state index in [2.05, 4.69) is 34.7 Å². The molecular formula is C19H31F3N4O. The molecule has 0 bridgehead atoms. The van der Waals surface area contributed by atoms with Crippen molar-refractivity contribution in [1.29, 1.82) is 0 Å². The second-order valence-corrected chi connectivity index (χ2v) is 6.60. The number of hydrogen-bond acceptors (Lipinski definition) is 3. The van der Waals surface area contributed by atoms with Crippen LogP contribution in [0.25, 0.3) is 0 Å². The first-order valence-corrected chi connectivity index (χ1v) is 9.09. The smallest absolute Gasteiger partial charge is 0.401 e. The zero-order chi connectivity index (χ0) is 20.3. The Bertz CT molecular complexity index is 561. The van der Waals surface area contributed by atoms with Gasteiger partial charge >= 0.3 is 6.18 Å². The summed E-state index contributed by atoms with van der Waals surface area (Å²) < 4.78 is 42.0. The van der Waals surface area contributed by atoms with E-state index in [1.807, 2.05) is 12.1 Å². The molecule has 2 N–H and O–H groups in total. The van der Waals surface area contributed by atoms with Gasteiger partial charge in [-0.3, -0.25) is 9.89 Å². The Kier molecular flexibility index (Phi) is 9.99. The topological polar surface area (TPSA) is 48.9 Å². The van der Waals surface area contributed by atoms with Crippen LogP contribution in [0.3, 0.4) is 0 Å². The van der Waals surface area contributed by atoms with Gasteiger partial charge in [0.25, 0.3) is 0 Å². The fourth-order valence-corrected chi connectivity index (χ4v) is 2.67. The summed E-state index contributed by atoms with van der Waals surface area (Å²) >= 11 is 0. The molecule has 0 aliphatic carbocycles. The van der Waals surface area contributed by atoms with Gasteiger partial charge in [-0.05, 0) is 50.0 Å². The van der Waals surface area contributed by atoms with E-state index in [1.54, 1.807) is 14.2 Å². The van der Waals surface area contributed by atoms with Crippen molar-refractivity contribution in [3.05, 3.63) is 29.8 Å². The highest BCUT2D eigenvalue weighted by Gasteiger charge is 2.28. The summed E-state index contributed by atoms with van der Waals surface area (Å²) in [7, 11) is 4.80. The van der Waals surface area contributed by atoms with Crippen LogP contribution in [-0.4, -0.2) is 64.4 Å². The lowest BCUT2D eigenvalue weighted by Crippen LogP contribution is -2.39. The maximum atomic E-state index is 12.3. The number of hydrogen-bond donors (Lipinski definition) is 2. The van der Waals surface area contributed by atoms with Crippen molar-refractivity contribution in [2.24, 2.45) is 4.99 Å². The molecule has 27 heavy (non-hydrogen) atoms. The minimum atomic E-state index is -4.15. The summed E-state index contributed by atoms with van der Waals surface area (Å²) in [5.41, 5.74) is 1.24. The number of halogens is 3. The number of aliphatic imine (C=N–C) groups is 1. The molecule has 1 unspecified atom stereocenters. The van der Waals surface area contributed by atoms with Crippen molar-refractivity contribution in [1.82, 2.24) is 15.5 Å². The molecule has 0 aliphatic heterocycles. The van der Waals surface area contributed by atoms with Crippen LogP contribution >= 0.6 is 0 Å². The van der Waals surface area contributed by atoms with E-state index >= 15 is 0 Å². The maximum absolute atomic E-state index is 12.3. The monoisotopic (exact) mass is 388 g/mol. The number of benzene rings is 1.